The number of aromatic hydroxyl groups is 1. The molecule has 1 amide bonds. The molecule has 0 spiro atoms. The van der Waals surface area contributed by atoms with Crippen LogP contribution in [0.1, 0.15) is 12.6 Å². The fourth-order valence-corrected chi connectivity index (χ4v) is 3.72. The van der Waals surface area contributed by atoms with Gasteiger partial charge in [0.25, 0.3) is 0 Å². The topological polar surface area (TPSA) is 87.7 Å². The first kappa shape index (κ1) is 19.2. The van der Waals surface area contributed by atoms with Crippen LogP contribution in [0.25, 0.3) is 5.69 Å². The first-order valence-electron chi connectivity index (χ1n) is 8.00. The molecule has 146 valence electrons. The highest BCUT2D eigenvalue weighted by Gasteiger charge is 2.28. The molecule has 0 aliphatic carbocycles. The van der Waals surface area contributed by atoms with Crippen molar-refractivity contribution in [3.63, 3.8) is 0 Å². The Kier molecular flexibility index (Phi) is 5.40. The van der Waals surface area contributed by atoms with Crippen LogP contribution in [0.4, 0.5) is 18.9 Å². The van der Waals surface area contributed by atoms with E-state index < -0.39 is 53.0 Å². The van der Waals surface area contributed by atoms with Crippen LogP contribution in [0.2, 0.25) is 0 Å². The molecule has 0 radical (unpaired) electrons. The van der Waals surface area contributed by atoms with Crippen molar-refractivity contribution in [2.75, 3.05) is 29.5 Å². The number of rotatable bonds is 4. The maximum absolute atomic E-state index is 14.7. The van der Waals surface area contributed by atoms with Crippen molar-refractivity contribution < 1.29 is 27.5 Å². The van der Waals surface area contributed by atoms with E-state index in [0.29, 0.717) is 35.2 Å². The van der Waals surface area contributed by atoms with Crippen LogP contribution in [-0.4, -0.2) is 40.2 Å². The summed E-state index contributed by atoms with van der Waals surface area (Å²) in [5, 5.41) is 12.0. The highest BCUT2D eigenvalue weighted by Crippen LogP contribution is 2.32. The molecular formula is C16H16F3N3O4S. The van der Waals surface area contributed by atoms with Crippen molar-refractivity contribution in [2.24, 2.45) is 0 Å². The summed E-state index contributed by atoms with van der Waals surface area (Å²) in [7, 11) is 0. The normalized spacial score (nSPS) is 14.4. The van der Waals surface area contributed by atoms with Gasteiger partial charge in [-0.2, -0.15) is 11.8 Å². The van der Waals surface area contributed by atoms with Gasteiger partial charge in [-0.05, 0) is 0 Å². The second kappa shape index (κ2) is 7.59. The molecule has 0 bridgehead atoms. The lowest BCUT2D eigenvalue weighted by Gasteiger charge is -2.29. The third-order valence-corrected chi connectivity index (χ3v) is 5.01. The minimum absolute atomic E-state index is 0.338. The van der Waals surface area contributed by atoms with E-state index in [9.17, 15) is 27.9 Å². The zero-order chi connectivity index (χ0) is 19.7. The molecule has 1 aromatic heterocycles. The number of thioether (sulfide) groups is 1. The molecule has 1 fully saturated rings. The monoisotopic (exact) mass is 403 g/mol. The van der Waals surface area contributed by atoms with Gasteiger partial charge in [-0.1, -0.05) is 0 Å². The number of carbonyl (C=O) groups is 1. The van der Waals surface area contributed by atoms with Crippen LogP contribution in [0.3, 0.4) is 0 Å². The maximum atomic E-state index is 14.7. The smallest absolute Gasteiger partial charge is 0.427 e. The lowest BCUT2D eigenvalue weighted by molar-refractivity contribution is -0.119. The number of amides is 1. The van der Waals surface area contributed by atoms with E-state index in [1.807, 2.05) is 0 Å². The molecule has 2 heterocycles. The first-order chi connectivity index (χ1) is 12.8. The average Bonchev–Trinajstić information content (AvgIpc) is 2.90. The number of nitrogens with zero attached hydrogens (tertiary/aromatic N) is 2. The summed E-state index contributed by atoms with van der Waals surface area (Å²) < 4.78 is 48.9. The molecule has 7 nitrogen and oxygen atoms in total. The maximum Gasteiger partial charge on any atom is 0.427 e. The number of nitrogens with one attached hydrogen (secondary N) is 1. The van der Waals surface area contributed by atoms with Crippen LogP contribution in [-0.2, 0) is 11.3 Å². The van der Waals surface area contributed by atoms with Gasteiger partial charge in [-0.15, -0.1) is 0 Å². The molecule has 3 rings (SSSR count). The lowest BCUT2D eigenvalue weighted by atomic mass is 10.2. The average molecular weight is 403 g/mol. The van der Waals surface area contributed by atoms with E-state index in [2.05, 4.69) is 9.73 Å². The summed E-state index contributed by atoms with van der Waals surface area (Å²) >= 11 is 1.62. The van der Waals surface area contributed by atoms with E-state index in [1.54, 1.807) is 11.8 Å². The Hall–Kier alpha value is -2.56. The predicted molar refractivity (Wildman–Crippen MR) is 92.9 cm³/mol. The molecule has 27 heavy (non-hydrogen) atoms. The van der Waals surface area contributed by atoms with Gasteiger partial charge in [-0.3, -0.25) is 4.79 Å². The zero-order valence-electron chi connectivity index (χ0n) is 14.2. The quantitative estimate of drug-likeness (QED) is 0.757. The highest BCUT2D eigenvalue weighted by atomic mass is 32.2. The Morgan fingerprint density at radius 1 is 1.30 bits per heavy atom. The fraction of sp³-hybridized carbons (Fsp3) is 0.375. The highest BCUT2D eigenvalue weighted by molar-refractivity contribution is 7.99. The van der Waals surface area contributed by atoms with Crippen LogP contribution >= 0.6 is 11.8 Å². The molecule has 2 N–H and O–H groups in total. The molecule has 2 aromatic rings. The second-order valence-electron chi connectivity index (χ2n) is 5.82. The summed E-state index contributed by atoms with van der Waals surface area (Å²) in [4.78, 5) is 24.4. The number of benzene rings is 1. The molecule has 11 heteroatoms. The number of aromatic nitrogens is 1. The summed E-state index contributed by atoms with van der Waals surface area (Å²) in [6.07, 6.45) is 0. The number of anilines is 1. The number of hydrogen-bond donors (Lipinski definition) is 2. The van der Waals surface area contributed by atoms with Gasteiger partial charge in [-0.25, -0.2) is 22.5 Å². The Balaban J connectivity index is 2.11. The van der Waals surface area contributed by atoms with Gasteiger partial charge in [0.05, 0.1) is 12.2 Å². The van der Waals surface area contributed by atoms with Crippen molar-refractivity contribution in [1.82, 2.24) is 9.88 Å². The zero-order valence-corrected chi connectivity index (χ0v) is 15.0. The van der Waals surface area contributed by atoms with E-state index >= 15 is 0 Å². The van der Waals surface area contributed by atoms with Gasteiger partial charge in [0.15, 0.2) is 17.5 Å². The van der Waals surface area contributed by atoms with Crippen molar-refractivity contribution >= 4 is 23.4 Å². The number of hydrogen-bond acceptors (Lipinski definition) is 6. The minimum Gasteiger partial charge on any atom is -0.479 e. The molecule has 0 unspecified atom stereocenters. The third-order valence-electron chi connectivity index (χ3n) is 4.07. The molecule has 1 aliphatic heterocycles. The summed E-state index contributed by atoms with van der Waals surface area (Å²) in [6, 6.07) is 0.670. The molecule has 1 aliphatic rings. The number of carbonyl (C=O) groups excluding carboxylic acids is 1. The summed E-state index contributed by atoms with van der Waals surface area (Å²) in [5.74, 6) is -5.26. The van der Waals surface area contributed by atoms with Gasteiger partial charge in [0, 0.05) is 37.6 Å². The molecule has 1 saturated heterocycles. The van der Waals surface area contributed by atoms with E-state index in [4.69, 9.17) is 0 Å². The predicted octanol–water partition coefficient (Wildman–Crippen LogP) is 1.74. The van der Waals surface area contributed by atoms with Crippen molar-refractivity contribution in [2.45, 2.75) is 13.5 Å². The van der Waals surface area contributed by atoms with Crippen LogP contribution in [0.5, 0.6) is 5.95 Å². The Morgan fingerprint density at radius 2 is 1.96 bits per heavy atom. The fourth-order valence-electron chi connectivity index (χ4n) is 2.81. The van der Waals surface area contributed by atoms with Crippen LogP contribution in [0, 0.1) is 17.5 Å². The molecule has 0 saturated carbocycles. The van der Waals surface area contributed by atoms with Crippen LogP contribution < -0.4 is 16.0 Å². The van der Waals surface area contributed by atoms with Crippen molar-refractivity contribution in [3.8, 4) is 11.6 Å². The number of halogens is 3. The third kappa shape index (κ3) is 3.64. The Labute approximate surface area is 155 Å². The van der Waals surface area contributed by atoms with Crippen LogP contribution in [0.15, 0.2) is 15.3 Å². The standard InChI is InChI=1S/C16H16F3N3O4S/c1-8(23)20-7-11-15(24)26-16(25)22(11)10-6-9(17)14(13(19)12(10)18)21-2-4-27-5-3-21/h6,24H,2-5,7H2,1H3,(H,20,23). The van der Waals surface area contributed by atoms with E-state index in [-0.39, 0.29) is 5.69 Å². The molecule has 0 atom stereocenters. The number of oxazole rings is 1. The largest absolute Gasteiger partial charge is 0.479 e. The van der Waals surface area contributed by atoms with E-state index in [1.165, 1.54) is 11.8 Å². The second-order valence-corrected chi connectivity index (χ2v) is 7.04. The van der Waals surface area contributed by atoms with Crippen molar-refractivity contribution in [3.05, 3.63) is 39.8 Å². The van der Waals surface area contributed by atoms with Gasteiger partial charge in [0.1, 0.15) is 11.4 Å². The Bertz CT molecular complexity index is 938. The van der Waals surface area contributed by atoms with Gasteiger partial charge >= 0.3 is 11.7 Å². The summed E-state index contributed by atoms with van der Waals surface area (Å²) in [5.41, 5.74) is -1.59. The van der Waals surface area contributed by atoms with Crippen molar-refractivity contribution in [1.29, 1.82) is 0 Å². The Morgan fingerprint density at radius 3 is 2.59 bits per heavy atom. The van der Waals surface area contributed by atoms with Gasteiger partial charge < -0.3 is 19.7 Å². The minimum atomic E-state index is -1.46. The molecular weight excluding hydrogens is 387 g/mol. The van der Waals surface area contributed by atoms with E-state index in [0.717, 1.165) is 0 Å². The first-order valence-corrected chi connectivity index (χ1v) is 9.15. The van der Waals surface area contributed by atoms with Gasteiger partial charge in [0.2, 0.25) is 5.91 Å². The molecule has 1 aromatic carbocycles. The lowest BCUT2D eigenvalue weighted by Crippen LogP contribution is -2.34. The summed E-state index contributed by atoms with van der Waals surface area (Å²) in [6.45, 7) is 1.50. The SMILES string of the molecule is CC(=O)NCc1c(O)oc(=O)n1-c1cc(F)c(N2CCSCC2)c(F)c1F.